The molecule has 0 spiro atoms. The van der Waals surface area contributed by atoms with Crippen molar-refractivity contribution in [1.29, 1.82) is 0 Å². The number of piperidine rings is 1. The molecule has 0 amide bonds. The second-order valence-corrected chi connectivity index (χ2v) is 8.10. The molecule has 0 unspecified atom stereocenters. The molecular formula is C19H35N5O. The Balaban J connectivity index is 1.64. The van der Waals surface area contributed by atoms with Gasteiger partial charge in [0.15, 0.2) is 5.96 Å². The number of hydrogen-bond acceptors (Lipinski definition) is 4. The zero-order chi connectivity index (χ0) is 18.3. The fourth-order valence-electron chi connectivity index (χ4n) is 2.91. The van der Waals surface area contributed by atoms with Gasteiger partial charge in [-0.25, -0.2) is 4.98 Å². The molecule has 25 heavy (non-hydrogen) atoms. The first-order chi connectivity index (χ1) is 11.9. The zero-order valence-corrected chi connectivity index (χ0v) is 16.6. The molecule has 6 nitrogen and oxygen atoms in total. The Labute approximate surface area is 152 Å². The third-order valence-corrected chi connectivity index (χ3v) is 4.74. The molecule has 2 heterocycles. The summed E-state index contributed by atoms with van der Waals surface area (Å²) in [7, 11) is 1.79. The molecule has 2 rings (SSSR count). The van der Waals surface area contributed by atoms with Gasteiger partial charge in [-0.15, -0.1) is 0 Å². The summed E-state index contributed by atoms with van der Waals surface area (Å²) >= 11 is 0. The van der Waals surface area contributed by atoms with Gasteiger partial charge in [0.1, 0.15) is 5.76 Å². The van der Waals surface area contributed by atoms with Crippen LogP contribution in [0.2, 0.25) is 0 Å². The summed E-state index contributed by atoms with van der Waals surface area (Å²) in [5.74, 6) is 3.28. The highest BCUT2D eigenvalue weighted by Gasteiger charge is 2.19. The van der Waals surface area contributed by atoms with Gasteiger partial charge in [0.05, 0.1) is 12.7 Å². The van der Waals surface area contributed by atoms with E-state index >= 15 is 0 Å². The van der Waals surface area contributed by atoms with Crippen LogP contribution in [0.5, 0.6) is 0 Å². The van der Waals surface area contributed by atoms with Gasteiger partial charge in [-0.1, -0.05) is 27.7 Å². The van der Waals surface area contributed by atoms with Crippen molar-refractivity contribution >= 4 is 5.96 Å². The van der Waals surface area contributed by atoms with Crippen molar-refractivity contribution in [3.63, 3.8) is 0 Å². The molecule has 1 aliphatic heterocycles. The highest BCUT2D eigenvalue weighted by molar-refractivity contribution is 5.79. The highest BCUT2D eigenvalue weighted by Crippen LogP contribution is 2.22. The molecule has 1 aromatic heterocycles. The summed E-state index contributed by atoms with van der Waals surface area (Å²) < 4.78 is 5.79. The summed E-state index contributed by atoms with van der Waals surface area (Å²) in [6.07, 6.45) is 5.61. The number of oxazole rings is 1. The van der Waals surface area contributed by atoms with Gasteiger partial charge in [0.2, 0.25) is 5.89 Å². The smallest absolute Gasteiger partial charge is 0.213 e. The van der Waals surface area contributed by atoms with E-state index in [0.717, 1.165) is 37.1 Å². The molecule has 0 atom stereocenters. The molecule has 2 N–H and O–H groups in total. The lowest BCUT2D eigenvalue weighted by atomic mass is 9.94. The number of nitrogens with zero attached hydrogens (tertiary/aromatic N) is 3. The Morgan fingerprint density at radius 1 is 1.32 bits per heavy atom. The van der Waals surface area contributed by atoms with E-state index in [0.29, 0.717) is 12.4 Å². The quantitative estimate of drug-likeness (QED) is 0.470. The average Bonchev–Trinajstić information content (AvgIpc) is 3.05. The maximum absolute atomic E-state index is 5.79. The highest BCUT2D eigenvalue weighted by atomic mass is 16.4. The van der Waals surface area contributed by atoms with Crippen LogP contribution in [0.1, 0.15) is 58.6 Å². The van der Waals surface area contributed by atoms with Crippen molar-refractivity contribution in [2.24, 2.45) is 10.9 Å². The lowest BCUT2D eigenvalue weighted by molar-refractivity contribution is 0.191. The third-order valence-electron chi connectivity index (χ3n) is 4.74. The molecule has 0 radical (unpaired) electrons. The Hall–Kier alpha value is -1.56. The van der Waals surface area contributed by atoms with Crippen LogP contribution in [0.3, 0.4) is 0 Å². The number of aromatic nitrogens is 1. The molecular weight excluding hydrogens is 314 g/mol. The molecule has 0 aliphatic carbocycles. The molecule has 0 bridgehead atoms. The first-order valence-electron chi connectivity index (χ1n) is 9.50. The maximum atomic E-state index is 5.79. The van der Waals surface area contributed by atoms with Crippen molar-refractivity contribution < 1.29 is 4.42 Å². The first-order valence-corrected chi connectivity index (χ1v) is 9.50. The summed E-state index contributed by atoms with van der Waals surface area (Å²) in [6, 6.07) is 0. The molecule has 142 valence electrons. The van der Waals surface area contributed by atoms with E-state index in [1.165, 1.54) is 25.9 Å². The van der Waals surface area contributed by atoms with Crippen LogP contribution in [-0.4, -0.2) is 49.1 Å². The van der Waals surface area contributed by atoms with Crippen LogP contribution < -0.4 is 10.6 Å². The number of rotatable bonds is 6. The lowest BCUT2D eigenvalue weighted by Gasteiger charge is -2.30. The number of hydrogen-bond donors (Lipinski definition) is 2. The number of guanidine groups is 1. The Morgan fingerprint density at radius 3 is 2.64 bits per heavy atom. The molecule has 6 heteroatoms. The summed E-state index contributed by atoms with van der Waals surface area (Å²) in [5, 5.41) is 6.63. The first kappa shape index (κ1) is 19.8. The van der Waals surface area contributed by atoms with Crippen LogP contribution in [-0.2, 0) is 12.0 Å². The predicted octanol–water partition coefficient (Wildman–Crippen LogP) is 2.76. The standard InChI is InChI=1S/C19H35N5O/c1-15-7-11-24(12-8-15)10-6-9-21-18(20-5)23-14-17-22-13-16(25-17)19(2,3)4/h13,15H,6-12,14H2,1-5H3,(H2,20,21,23). The van der Waals surface area contributed by atoms with E-state index in [-0.39, 0.29) is 5.41 Å². The molecule has 0 saturated carbocycles. The van der Waals surface area contributed by atoms with Crippen LogP contribution in [0.15, 0.2) is 15.6 Å². The number of aliphatic imine (C=N–C) groups is 1. The number of nitrogens with one attached hydrogen (secondary N) is 2. The van der Waals surface area contributed by atoms with Gasteiger partial charge in [-0.3, -0.25) is 4.99 Å². The van der Waals surface area contributed by atoms with Crippen molar-refractivity contribution in [3.05, 3.63) is 17.8 Å². The fraction of sp³-hybridized carbons (Fsp3) is 0.789. The van der Waals surface area contributed by atoms with Gasteiger partial charge in [-0.05, 0) is 44.8 Å². The van der Waals surface area contributed by atoms with E-state index < -0.39 is 0 Å². The van der Waals surface area contributed by atoms with Gasteiger partial charge in [0.25, 0.3) is 0 Å². The van der Waals surface area contributed by atoms with Gasteiger partial charge < -0.3 is 20.0 Å². The van der Waals surface area contributed by atoms with E-state index in [1.54, 1.807) is 7.05 Å². The zero-order valence-electron chi connectivity index (χ0n) is 16.6. The van der Waals surface area contributed by atoms with Crippen molar-refractivity contribution in [2.45, 2.75) is 58.9 Å². The third kappa shape index (κ3) is 6.69. The number of likely N-dealkylation sites (tertiary alicyclic amines) is 1. The van der Waals surface area contributed by atoms with E-state index in [4.69, 9.17) is 4.42 Å². The van der Waals surface area contributed by atoms with Crippen LogP contribution in [0, 0.1) is 5.92 Å². The monoisotopic (exact) mass is 349 g/mol. The van der Waals surface area contributed by atoms with Crippen molar-refractivity contribution in [1.82, 2.24) is 20.5 Å². The maximum Gasteiger partial charge on any atom is 0.213 e. The van der Waals surface area contributed by atoms with E-state index in [2.05, 4.69) is 53.2 Å². The topological polar surface area (TPSA) is 65.7 Å². The van der Waals surface area contributed by atoms with Gasteiger partial charge in [-0.2, -0.15) is 0 Å². The minimum atomic E-state index is -0.0164. The lowest BCUT2D eigenvalue weighted by Crippen LogP contribution is -2.39. The fourth-order valence-corrected chi connectivity index (χ4v) is 2.91. The Morgan fingerprint density at radius 2 is 2.04 bits per heavy atom. The van der Waals surface area contributed by atoms with Crippen LogP contribution in [0.25, 0.3) is 0 Å². The largest absolute Gasteiger partial charge is 0.443 e. The van der Waals surface area contributed by atoms with Crippen molar-refractivity contribution in [2.75, 3.05) is 33.2 Å². The van der Waals surface area contributed by atoms with Crippen molar-refractivity contribution in [3.8, 4) is 0 Å². The minimum Gasteiger partial charge on any atom is -0.443 e. The van der Waals surface area contributed by atoms with Crippen LogP contribution >= 0.6 is 0 Å². The Kier molecular flexibility index (Phi) is 7.29. The Bertz CT molecular complexity index is 538. The summed E-state index contributed by atoms with van der Waals surface area (Å²) in [6.45, 7) is 13.8. The molecule has 1 aliphatic rings. The molecule has 1 aromatic rings. The normalized spacial score (nSPS) is 17.7. The van der Waals surface area contributed by atoms with E-state index in [9.17, 15) is 0 Å². The minimum absolute atomic E-state index is 0.0164. The second-order valence-electron chi connectivity index (χ2n) is 8.10. The molecule has 1 saturated heterocycles. The summed E-state index contributed by atoms with van der Waals surface area (Å²) in [5.41, 5.74) is -0.0164. The van der Waals surface area contributed by atoms with Crippen LogP contribution in [0.4, 0.5) is 0 Å². The van der Waals surface area contributed by atoms with Gasteiger partial charge in [0, 0.05) is 19.0 Å². The molecule has 0 aromatic carbocycles. The molecule has 1 fully saturated rings. The summed E-state index contributed by atoms with van der Waals surface area (Å²) in [4.78, 5) is 11.2. The SMILES string of the molecule is CN=C(NCCCN1CCC(C)CC1)NCc1ncc(C(C)(C)C)o1. The van der Waals surface area contributed by atoms with Gasteiger partial charge >= 0.3 is 0 Å². The predicted molar refractivity (Wildman–Crippen MR) is 103 cm³/mol. The second kappa shape index (κ2) is 9.22. The average molecular weight is 350 g/mol. The van der Waals surface area contributed by atoms with E-state index in [1.807, 2.05) is 6.20 Å².